The average Bonchev–Trinajstić information content (AvgIpc) is 2.97. The number of methoxy groups -OCH3 is 1. The van der Waals surface area contributed by atoms with Gasteiger partial charge < -0.3 is 18.9 Å². The van der Waals surface area contributed by atoms with Gasteiger partial charge in [0, 0.05) is 6.07 Å². The van der Waals surface area contributed by atoms with Gasteiger partial charge in [0.2, 0.25) is 5.78 Å². The Labute approximate surface area is 157 Å². The molecule has 1 aliphatic heterocycles. The molecule has 0 saturated carbocycles. The third-order valence-corrected chi connectivity index (χ3v) is 3.96. The van der Waals surface area contributed by atoms with Gasteiger partial charge in [-0.3, -0.25) is 4.79 Å². The van der Waals surface area contributed by atoms with Crippen LogP contribution in [0, 0.1) is 0 Å². The van der Waals surface area contributed by atoms with E-state index in [0.717, 1.165) is 0 Å². The van der Waals surface area contributed by atoms with E-state index in [4.69, 9.17) is 18.9 Å². The van der Waals surface area contributed by atoms with E-state index < -0.39 is 12.1 Å². The molecule has 27 heavy (non-hydrogen) atoms. The summed E-state index contributed by atoms with van der Waals surface area (Å²) in [5.41, 5.74) is 1.21. The number of ketones is 1. The van der Waals surface area contributed by atoms with Crippen molar-refractivity contribution in [1.29, 1.82) is 0 Å². The van der Waals surface area contributed by atoms with Crippen LogP contribution in [-0.2, 0) is 9.53 Å². The van der Waals surface area contributed by atoms with Crippen LogP contribution in [0.25, 0.3) is 6.08 Å². The van der Waals surface area contributed by atoms with Gasteiger partial charge in [-0.1, -0.05) is 12.1 Å². The molecule has 0 aliphatic carbocycles. The number of rotatable bonds is 6. The van der Waals surface area contributed by atoms with Crippen LogP contribution in [0.5, 0.6) is 17.2 Å². The minimum Gasteiger partial charge on any atom is -0.497 e. The largest absolute Gasteiger partial charge is 0.497 e. The molecule has 0 unspecified atom stereocenters. The van der Waals surface area contributed by atoms with Gasteiger partial charge in [-0.2, -0.15) is 0 Å². The second-order valence-electron chi connectivity index (χ2n) is 5.89. The Morgan fingerprint density at radius 1 is 1.19 bits per heavy atom. The zero-order valence-corrected chi connectivity index (χ0v) is 15.4. The Kier molecular flexibility index (Phi) is 5.45. The molecule has 0 amide bonds. The minimum absolute atomic E-state index is 0.195. The van der Waals surface area contributed by atoms with Gasteiger partial charge in [-0.25, -0.2) is 4.79 Å². The van der Waals surface area contributed by atoms with Crippen molar-refractivity contribution >= 4 is 17.8 Å². The lowest BCUT2D eigenvalue weighted by molar-refractivity contribution is -0.150. The maximum atomic E-state index is 12.5. The number of Topliss-reactive ketones (excluding diaryl/α,β-unsaturated/α-hetero) is 1. The van der Waals surface area contributed by atoms with Gasteiger partial charge in [0.15, 0.2) is 11.9 Å². The van der Waals surface area contributed by atoms with Gasteiger partial charge in [0.25, 0.3) is 0 Å². The quantitative estimate of drug-likeness (QED) is 0.573. The highest BCUT2D eigenvalue weighted by Gasteiger charge is 2.27. The number of hydrogen-bond acceptors (Lipinski definition) is 6. The Balaban J connectivity index is 1.78. The van der Waals surface area contributed by atoms with Crippen molar-refractivity contribution in [3.8, 4) is 17.2 Å². The van der Waals surface area contributed by atoms with E-state index in [1.54, 1.807) is 63.4 Å². The summed E-state index contributed by atoms with van der Waals surface area (Å²) in [7, 11) is 1.55. The molecule has 2 aromatic carbocycles. The second kappa shape index (κ2) is 7.95. The zero-order chi connectivity index (χ0) is 19.4. The van der Waals surface area contributed by atoms with E-state index in [0.29, 0.717) is 35.0 Å². The molecule has 1 heterocycles. The minimum atomic E-state index is -0.728. The first-order chi connectivity index (χ1) is 13.0. The Morgan fingerprint density at radius 3 is 2.74 bits per heavy atom. The van der Waals surface area contributed by atoms with Gasteiger partial charge in [-0.15, -0.1) is 0 Å². The lowest BCUT2D eigenvalue weighted by atomic mass is 10.1. The van der Waals surface area contributed by atoms with E-state index in [-0.39, 0.29) is 11.5 Å². The standard InChI is InChI=1S/C21H20O6/c1-4-25-21(23)13(2)26-16-7-5-6-14(10-16)11-19-20(22)17-9-8-15(24-3)12-18(17)27-19/h5-13H,4H2,1-3H3/b19-11-/t13-/m0/s1. The molecule has 0 N–H and O–H groups in total. The molecule has 1 atom stereocenters. The van der Waals surface area contributed by atoms with Crippen molar-refractivity contribution in [2.24, 2.45) is 0 Å². The maximum Gasteiger partial charge on any atom is 0.347 e. The van der Waals surface area contributed by atoms with Crippen LogP contribution in [0.2, 0.25) is 0 Å². The first-order valence-corrected chi connectivity index (χ1v) is 8.57. The first kappa shape index (κ1) is 18.5. The lowest BCUT2D eigenvalue weighted by Crippen LogP contribution is -2.26. The fourth-order valence-electron chi connectivity index (χ4n) is 2.64. The predicted molar refractivity (Wildman–Crippen MR) is 99.1 cm³/mol. The van der Waals surface area contributed by atoms with Crippen LogP contribution >= 0.6 is 0 Å². The number of fused-ring (bicyclic) bond motifs is 1. The van der Waals surface area contributed by atoms with Crippen LogP contribution in [0.4, 0.5) is 0 Å². The Bertz CT molecular complexity index is 899. The lowest BCUT2D eigenvalue weighted by Gasteiger charge is -2.13. The summed E-state index contributed by atoms with van der Waals surface area (Å²) < 4.78 is 21.4. The topological polar surface area (TPSA) is 71.1 Å². The molecule has 3 rings (SSSR count). The number of carbonyl (C=O) groups is 2. The fourth-order valence-corrected chi connectivity index (χ4v) is 2.64. The van der Waals surface area contributed by atoms with Crippen molar-refractivity contribution < 1.29 is 28.5 Å². The third kappa shape index (κ3) is 4.11. The monoisotopic (exact) mass is 368 g/mol. The molecule has 0 aromatic heterocycles. The number of carbonyl (C=O) groups excluding carboxylic acids is 2. The van der Waals surface area contributed by atoms with Gasteiger partial charge in [0.1, 0.15) is 17.2 Å². The van der Waals surface area contributed by atoms with Crippen molar-refractivity contribution in [1.82, 2.24) is 0 Å². The summed E-state index contributed by atoms with van der Waals surface area (Å²) in [5, 5.41) is 0. The smallest absolute Gasteiger partial charge is 0.347 e. The normalized spacial score (nSPS) is 15.1. The summed E-state index contributed by atoms with van der Waals surface area (Å²) >= 11 is 0. The van der Waals surface area contributed by atoms with Crippen LogP contribution in [0.1, 0.15) is 29.8 Å². The van der Waals surface area contributed by atoms with Gasteiger partial charge in [0.05, 0.1) is 19.3 Å². The number of allylic oxidation sites excluding steroid dienone is 1. The van der Waals surface area contributed by atoms with Crippen molar-refractivity contribution in [2.75, 3.05) is 13.7 Å². The average molecular weight is 368 g/mol. The molecule has 0 fully saturated rings. The summed E-state index contributed by atoms with van der Waals surface area (Å²) in [6.07, 6.45) is 0.908. The maximum absolute atomic E-state index is 12.5. The van der Waals surface area contributed by atoms with E-state index >= 15 is 0 Å². The molecule has 2 aromatic rings. The Morgan fingerprint density at radius 2 is 2.00 bits per heavy atom. The predicted octanol–water partition coefficient (Wildman–Crippen LogP) is 3.64. The molecular formula is C21H20O6. The highest BCUT2D eigenvalue weighted by Crippen LogP contribution is 2.35. The Hall–Kier alpha value is -3.28. The summed E-state index contributed by atoms with van der Waals surface area (Å²) in [6, 6.07) is 12.1. The molecule has 6 heteroatoms. The highest BCUT2D eigenvalue weighted by molar-refractivity contribution is 6.14. The number of benzene rings is 2. The van der Waals surface area contributed by atoms with Gasteiger partial charge >= 0.3 is 5.97 Å². The van der Waals surface area contributed by atoms with Crippen LogP contribution in [0.3, 0.4) is 0 Å². The summed E-state index contributed by atoms with van der Waals surface area (Å²) in [4.78, 5) is 24.2. The van der Waals surface area contributed by atoms with Crippen LogP contribution < -0.4 is 14.2 Å². The molecule has 0 spiro atoms. The molecular weight excluding hydrogens is 348 g/mol. The zero-order valence-electron chi connectivity index (χ0n) is 15.4. The molecule has 0 bridgehead atoms. The number of ether oxygens (including phenoxy) is 4. The highest BCUT2D eigenvalue weighted by atomic mass is 16.6. The van der Waals surface area contributed by atoms with E-state index in [9.17, 15) is 9.59 Å². The van der Waals surface area contributed by atoms with E-state index in [1.807, 2.05) is 6.07 Å². The summed E-state index contributed by atoms with van der Waals surface area (Å²) in [6.45, 7) is 3.66. The van der Waals surface area contributed by atoms with E-state index in [2.05, 4.69) is 0 Å². The SMILES string of the molecule is CCOC(=O)[C@H](C)Oc1cccc(/C=C2\Oc3cc(OC)ccc3C2=O)c1. The molecule has 1 aliphatic rings. The fraction of sp³-hybridized carbons (Fsp3) is 0.238. The van der Waals surface area contributed by atoms with Crippen molar-refractivity contribution in [3.63, 3.8) is 0 Å². The molecule has 140 valence electrons. The number of hydrogen-bond donors (Lipinski definition) is 0. The number of esters is 1. The molecule has 6 nitrogen and oxygen atoms in total. The van der Waals surface area contributed by atoms with Crippen LogP contribution in [-0.4, -0.2) is 31.6 Å². The van der Waals surface area contributed by atoms with Crippen molar-refractivity contribution in [2.45, 2.75) is 20.0 Å². The second-order valence-corrected chi connectivity index (χ2v) is 5.89. The van der Waals surface area contributed by atoms with Gasteiger partial charge in [-0.05, 0) is 49.8 Å². The molecule has 0 saturated heterocycles. The van der Waals surface area contributed by atoms with Crippen molar-refractivity contribution in [3.05, 3.63) is 59.4 Å². The van der Waals surface area contributed by atoms with Crippen LogP contribution in [0.15, 0.2) is 48.2 Å². The third-order valence-electron chi connectivity index (χ3n) is 3.96. The first-order valence-electron chi connectivity index (χ1n) is 8.57. The van der Waals surface area contributed by atoms with E-state index in [1.165, 1.54) is 0 Å². The summed E-state index contributed by atoms with van der Waals surface area (Å²) in [5.74, 6) is 1.17. The molecule has 0 radical (unpaired) electrons.